The van der Waals surface area contributed by atoms with Crippen LogP contribution in [0.25, 0.3) is 0 Å². The second kappa shape index (κ2) is 4.11. The first kappa shape index (κ1) is 11.9. The van der Waals surface area contributed by atoms with Gasteiger partial charge in [0.25, 0.3) is 0 Å². The Morgan fingerprint density at radius 2 is 2.07 bits per heavy atom. The molecular weight excluding hydrogens is 193 g/mol. The monoisotopic (exact) mass is 209 g/mol. The van der Waals surface area contributed by atoms with Crippen LogP contribution in [-0.2, 0) is 0 Å². The van der Waals surface area contributed by atoms with Crippen molar-refractivity contribution in [3.05, 3.63) is 35.1 Å². The fourth-order valence-corrected chi connectivity index (χ4v) is 1.22. The highest BCUT2D eigenvalue weighted by atomic mass is 19.1. The summed E-state index contributed by atoms with van der Waals surface area (Å²) >= 11 is 0. The van der Waals surface area contributed by atoms with Crippen molar-refractivity contribution < 1.29 is 9.18 Å². The quantitative estimate of drug-likeness (QED) is 0.776. The molecule has 82 valence electrons. The number of aryl methyl sites for hydroxylation is 1. The predicted molar refractivity (Wildman–Crippen MR) is 58.3 cm³/mol. The molecule has 0 amide bonds. The van der Waals surface area contributed by atoms with Gasteiger partial charge in [0.2, 0.25) is 0 Å². The van der Waals surface area contributed by atoms with Gasteiger partial charge >= 0.3 is 0 Å². The summed E-state index contributed by atoms with van der Waals surface area (Å²) in [5.41, 5.74) is 5.78. The van der Waals surface area contributed by atoms with Crippen molar-refractivity contribution >= 4 is 5.78 Å². The molecule has 0 saturated heterocycles. The highest BCUT2D eigenvalue weighted by Crippen LogP contribution is 2.21. The number of halogens is 1. The molecular formula is C12H16FNO. The molecule has 2 nitrogen and oxygen atoms in total. The van der Waals surface area contributed by atoms with Crippen molar-refractivity contribution in [2.24, 2.45) is 11.1 Å². The van der Waals surface area contributed by atoms with Crippen LogP contribution in [-0.4, -0.2) is 12.3 Å². The summed E-state index contributed by atoms with van der Waals surface area (Å²) in [6.45, 7) is 5.43. The largest absolute Gasteiger partial charge is 0.329 e. The zero-order chi connectivity index (χ0) is 11.6. The lowest BCUT2D eigenvalue weighted by atomic mass is 9.84. The highest BCUT2D eigenvalue weighted by molar-refractivity contribution is 6.00. The number of nitrogens with two attached hydrogens (primary N) is 1. The number of Topliss-reactive ketones (excluding diaryl/α,β-unsaturated/α-hetero) is 1. The fourth-order valence-electron chi connectivity index (χ4n) is 1.22. The number of carbonyl (C=O) groups excluding carboxylic acids is 1. The lowest BCUT2D eigenvalue weighted by Gasteiger charge is -2.20. The lowest BCUT2D eigenvalue weighted by Crippen LogP contribution is -2.32. The summed E-state index contributed by atoms with van der Waals surface area (Å²) in [4.78, 5) is 11.9. The van der Waals surface area contributed by atoms with E-state index in [1.54, 1.807) is 32.9 Å². The molecule has 1 aromatic carbocycles. The summed E-state index contributed by atoms with van der Waals surface area (Å²) in [6.07, 6.45) is 0. The molecule has 0 bridgehead atoms. The molecule has 3 heteroatoms. The molecule has 0 aromatic heterocycles. The van der Waals surface area contributed by atoms with E-state index in [1.807, 2.05) is 0 Å². The molecule has 0 aliphatic rings. The van der Waals surface area contributed by atoms with Crippen molar-refractivity contribution in [1.82, 2.24) is 0 Å². The van der Waals surface area contributed by atoms with E-state index in [2.05, 4.69) is 0 Å². The SMILES string of the molecule is Cc1ccc(C(=O)C(C)(C)CN)cc1F. The molecule has 0 atom stereocenters. The summed E-state index contributed by atoms with van der Waals surface area (Å²) in [7, 11) is 0. The summed E-state index contributed by atoms with van der Waals surface area (Å²) in [5.74, 6) is -0.474. The first-order valence-electron chi connectivity index (χ1n) is 4.89. The predicted octanol–water partition coefficient (Wildman–Crippen LogP) is 2.30. The number of rotatable bonds is 3. The molecule has 0 unspecified atom stereocenters. The molecule has 0 radical (unpaired) electrons. The zero-order valence-corrected chi connectivity index (χ0v) is 9.30. The van der Waals surface area contributed by atoms with Crippen LogP contribution in [0.3, 0.4) is 0 Å². The zero-order valence-electron chi connectivity index (χ0n) is 9.30. The van der Waals surface area contributed by atoms with Gasteiger partial charge in [-0.3, -0.25) is 4.79 Å². The van der Waals surface area contributed by atoms with Crippen LogP contribution in [0, 0.1) is 18.2 Å². The van der Waals surface area contributed by atoms with E-state index in [9.17, 15) is 9.18 Å². The summed E-state index contributed by atoms with van der Waals surface area (Å²) in [5, 5.41) is 0. The third kappa shape index (κ3) is 2.42. The average Bonchev–Trinajstić information content (AvgIpc) is 2.21. The van der Waals surface area contributed by atoms with Crippen LogP contribution in [0.4, 0.5) is 4.39 Å². The maximum absolute atomic E-state index is 13.2. The minimum absolute atomic E-state index is 0.121. The second-order valence-corrected chi connectivity index (χ2v) is 4.38. The molecule has 0 aliphatic carbocycles. The van der Waals surface area contributed by atoms with Crippen molar-refractivity contribution in [3.63, 3.8) is 0 Å². The smallest absolute Gasteiger partial charge is 0.169 e. The van der Waals surface area contributed by atoms with Crippen molar-refractivity contribution in [3.8, 4) is 0 Å². The van der Waals surface area contributed by atoms with Crippen LogP contribution in [0.5, 0.6) is 0 Å². The normalized spacial score (nSPS) is 11.5. The number of hydrogen-bond donors (Lipinski definition) is 1. The van der Waals surface area contributed by atoms with Gasteiger partial charge in [-0.05, 0) is 18.6 Å². The topological polar surface area (TPSA) is 43.1 Å². The highest BCUT2D eigenvalue weighted by Gasteiger charge is 2.27. The van der Waals surface area contributed by atoms with E-state index in [0.29, 0.717) is 11.1 Å². The maximum Gasteiger partial charge on any atom is 0.169 e. The molecule has 2 N–H and O–H groups in total. The molecule has 0 aliphatic heterocycles. The first-order valence-corrected chi connectivity index (χ1v) is 4.89. The minimum atomic E-state index is -0.637. The lowest BCUT2D eigenvalue weighted by molar-refractivity contribution is 0.0847. The van der Waals surface area contributed by atoms with E-state index in [4.69, 9.17) is 5.73 Å². The van der Waals surface area contributed by atoms with E-state index in [0.717, 1.165) is 0 Å². The van der Waals surface area contributed by atoms with Crippen molar-refractivity contribution in [2.45, 2.75) is 20.8 Å². The van der Waals surface area contributed by atoms with Crippen LogP contribution in [0.15, 0.2) is 18.2 Å². The fraction of sp³-hybridized carbons (Fsp3) is 0.417. The molecule has 1 aromatic rings. The Labute approximate surface area is 89.3 Å². The van der Waals surface area contributed by atoms with Gasteiger partial charge in [0.1, 0.15) is 5.82 Å². The molecule has 0 fully saturated rings. The Kier molecular flexibility index (Phi) is 3.25. The van der Waals surface area contributed by atoms with Gasteiger partial charge in [0.15, 0.2) is 5.78 Å². The van der Waals surface area contributed by atoms with Crippen molar-refractivity contribution in [1.29, 1.82) is 0 Å². The maximum atomic E-state index is 13.2. The van der Waals surface area contributed by atoms with Gasteiger partial charge in [0, 0.05) is 17.5 Å². The van der Waals surface area contributed by atoms with Gasteiger partial charge in [0.05, 0.1) is 0 Å². The third-order valence-corrected chi connectivity index (χ3v) is 2.56. The van der Waals surface area contributed by atoms with Crippen LogP contribution >= 0.6 is 0 Å². The van der Waals surface area contributed by atoms with E-state index in [1.165, 1.54) is 6.07 Å². The molecule has 0 heterocycles. The average molecular weight is 209 g/mol. The first-order chi connectivity index (χ1) is 6.88. The van der Waals surface area contributed by atoms with E-state index < -0.39 is 5.41 Å². The minimum Gasteiger partial charge on any atom is -0.329 e. The van der Waals surface area contributed by atoms with Crippen LogP contribution in [0.1, 0.15) is 29.8 Å². The number of carbonyl (C=O) groups is 1. The summed E-state index contributed by atoms with van der Waals surface area (Å²) in [6, 6.07) is 4.52. The molecule has 15 heavy (non-hydrogen) atoms. The van der Waals surface area contributed by atoms with Gasteiger partial charge in [-0.2, -0.15) is 0 Å². The van der Waals surface area contributed by atoms with Gasteiger partial charge in [-0.25, -0.2) is 4.39 Å². The molecule has 0 spiro atoms. The Bertz CT molecular complexity index is 385. The molecule has 1 rings (SSSR count). The Morgan fingerprint density at radius 1 is 1.47 bits per heavy atom. The number of benzene rings is 1. The standard InChI is InChI=1S/C12H16FNO/c1-8-4-5-9(6-10(8)13)11(15)12(2,3)7-14/h4-6H,7,14H2,1-3H3. The number of hydrogen-bond acceptors (Lipinski definition) is 2. The number of ketones is 1. The van der Waals surface area contributed by atoms with Gasteiger partial charge in [-0.15, -0.1) is 0 Å². The van der Waals surface area contributed by atoms with Crippen molar-refractivity contribution in [2.75, 3.05) is 6.54 Å². The summed E-state index contributed by atoms with van der Waals surface area (Å²) < 4.78 is 13.2. The second-order valence-electron chi connectivity index (χ2n) is 4.38. The van der Waals surface area contributed by atoms with Crippen LogP contribution < -0.4 is 5.73 Å². The molecule has 0 saturated carbocycles. The Balaban J connectivity index is 3.08. The Hall–Kier alpha value is -1.22. The van der Waals surface area contributed by atoms with E-state index in [-0.39, 0.29) is 18.1 Å². The van der Waals surface area contributed by atoms with Gasteiger partial charge in [-0.1, -0.05) is 26.0 Å². The van der Waals surface area contributed by atoms with Crippen LogP contribution in [0.2, 0.25) is 0 Å². The third-order valence-electron chi connectivity index (χ3n) is 2.56. The van der Waals surface area contributed by atoms with E-state index >= 15 is 0 Å². The Morgan fingerprint density at radius 3 is 2.53 bits per heavy atom. The van der Waals surface area contributed by atoms with Gasteiger partial charge < -0.3 is 5.73 Å².